The predicted molar refractivity (Wildman–Crippen MR) is 82.1 cm³/mol. The first-order chi connectivity index (χ1) is 10.4. The summed E-state index contributed by atoms with van der Waals surface area (Å²) in [6.45, 7) is 1.86. The number of carbonyl (C=O) groups excluding carboxylic acids is 1. The minimum absolute atomic E-state index is 0. The Kier molecular flexibility index (Phi) is 7.28. The smallest absolute Gasteiger partial charge is 0.326 e. The largest absolute Gasteiger partial charge is 0.419 e. The van der Waals surface area contributed by atoms with Crippen molar-refractivity contribution < 1.29 is 22.4 Å². The minimum atomic E-state index is -4.78. The molecule has 130 valence electrons. The molecule has 1 aromatic rings. The second-order valence-corrected chi connectivity index (χ2v) is 5.47. The van der Waals surface area contributed by atoms with E-state index in [1.807, 2.05) is 0 Å². The molecule has 1 aliphatic rings. The van der Waals surface area contributed by atoms with Crippen LogP contribution in [0.4, 0.5) is 23.2 Å². The van der Waals surface area contributed by atoms with E-state index in [4.69, 9.17) is 0 Å². The Bertz CT molecular complexity index is 531. The maximum atomic E-state index is 13.2. The van der Waals surface area contributed by atoms with Gasteiger partial charge in [0, 0.05) is 12.1 Å². The molecular weight excluding hydrogens is 336 g/mol. The molecule has 1 aromatic carbocycles. The molecule has 0 aliphatic carbocycles. The zero-order chi connectivity index (χ0) is 16.2. The van der Waals surface area contributed by atoms with E-state index in [0.717, 1.165) is 32.0 Å². The summed E-state index contributed by atoms with van der Waals surface area (Å²) in [6.07, 6.45) is -1.81. The van der Waals surface area contributed by atoms with Gasteiger partial charge in [0.1, 0.15) is 5.82 Å². The fourth-order valence-electron chi connectivity index (χ4n) is 2.55. The molecule has 1 heterocycles. The maximum Gasteiger partial charge on any atom is 0.419 e. The number of amides is 1. The Hall–Kier alpha value is -1.34. The van der Waals surface area contributed by atoms with Crippen molar-refractivity contribution in [3.63, 3.8) is 0 Å². The molecule has 0 atom stereocenters. The average Bonchev–Trinajstić information content (AvgIpc) is 2.47. The maximum absolute atomic E-state index is 13.2. The Morgan fingerprint density at radius 1 is 1.26 bits per heavy atom. The van der Waals surface area contributed by atoms with Crippen LogP contribution in [0.15, 0.2) is 18.2 Å². The first kappa shape index (κ1) is 19.7. The van der Waals surface area contributed by atoms with Crippen molar-refractivity contribution >= 4 is 24.0 Å². The summed E-state index contributed by atoms with van der Waals surface area (Å²) < 4.78 is 51.0. The Balaban J connectivity index is 0.00000264. The normalized spacial score (nSPS) is 15.8. The lowest BCUT2D eigenvalue weighted by atomic mass is 9.93. The van der Waals surface area contributed by atoms with Crippen LogP contribution in [-0.2, 0) is 11.0 Å². The Morgan fingerprint density at radius 2 is 1.91 bits per heavy atom. The highest BCUT2D eigenvalue weighted by atomic mass is 35.5. The van der Waals surface area contributed by atoms with Crippen LogP contribution >= 0.6 is 12.4 Å². The van der Waals surface area contributed by atoms with Gasteiger partial charge in [-0.2, -0.15) is 13.2 Å². The van der Waals surface area contributed by atoms with Crippen molar-refractivity contribution in [2.75, 3.05) is 18.4 Å². The Labute approximate surface area is 138 Å². The molecule has 3 nitrogen and oxygen atoms in total. The van der Waals surface area contributed by atoms with Crippen LogP contribution in [0, 0.1) is 11.7 Å². The van der Waals surface area contributed by atoms with Crippen molar-refractivity contribution in [2.24, 2.45) is 5.92 Å². The summed E-state index contributed by atoms with van der Waals surface area (Å²) in [7, 11) is 0. The lowest BCUT2D eigenvalue weighted by molar-refractivity contribution is -0.140. The first-order valence-electron chi connectivity index (χ1n) is 7.23. The van der Waals surface area contributed by atoms with Crippen LogP contribution in [0.25, 0.3) is 0 Å². The highest BCUT2D eigenvalue weighted by Gasteiger charge is 2.34. The van der Waals surface area contributed by atoms with Crippen LogP contribution in [-0.4, -0.2) is 19.0 Å². The summed E-state index contributed by atoms with van der Waals surface area (Å²) in [4.78, 5) is 11.8. The van der Waals surface area contributed by atoms with Crippen molar-refractivity contribution in [2.45, 2.75) is 31.9 Å². The topological polar surface area (TPSA) is 41.1 Å². The van der Waals surface area contributed by atoms with E-state index in [2.05, 4.69) is 10.6 Å². The zero-order valence-electron chi connectivity index (χ0n) is 12.4. The second-order valence-electron chi connectivity index (χ2n) is 5.47. The van der Waals surface area contributed by atoms with Crippen molar-refractivity contribution in [3.05, 3.63) is 29.6 Å². The summed E-state index contributed by atoms with van der Waals surface area (Å²) in [5.41, 5.74) is -1.41. The molecule has 1 amide bonds. The lowest BCUT2D eigenvalue weighted by Crippen LogP contribution is -2.28. The van der Waals surface area contributed by atoms with E-state index in [9.17, 15) is 22.4 Å². The molecule has 1 fully saturated rings. The first-order valence-corrected chi connectivity index (χ1v) is 7.23. The lowest BCUT2D eigenvalue weighted by Gasteiger charge is -2.22. The molecule has 0 bridgehead atoms. The molecule has 2 rings (SSSR count). The van der Waals surface area contributed by atoms with Crippen molar-refractivity contribution in [1.82, 2.24) is 5.32 Å². The van der Waals surface area contributed by atoms with E-state index in [1.165, 1.54) is 0 Å². The number of rotatable bonds is 4. The van der Waals surface area contributed by atoms with Crippen LogP contribution in [0.3, 0.4) is 0 Å². The van der Waals surface area contributed by atoms with E-state index in [1.54, 1.807) is 0 Å². The highest BCUT2D eigenvalue weighted by molar-refractivity contribution is 5.90. The number of hydrogen-bond donors (Lipinski definition) is 2. The minimum Gasteiger partial charge on any atom is -0.326 e. The fourth-order valence-corrected chi connectivity index (χ4v) is 2.55. The van der Waals surface area contributed by atoms with Crippen molar-refractivity contribution in [1.29, 1.82) is 0 Å². The standard InChI is InChI=1S/C15H18F4N2O.ClH/c16-13-3-2-11(9-12(13)15(17,18)19)21-14(22)4-1-10-5-7-20-8-6-10;/h2-3,9-10,20H,1,4-8H2,(H,21,22);1H. The monoisotopic (exact) mass is 354 g/mol. The number of carbonyl (C=O) groups is 1. The van der Waals surface area contributed by atoms with Gasteiger partial charge < -0.3 is 10.6 Å². The molecule has 1 aliphatic heterocycles. The Morgan fingerprint density at radius 3 is 2.52 bits per heavy atom. The van der Waals surface area contributed by atoms with Gasteiger partial charge in [0.2, 0.25) is 5.91 Å². The van der Waals surface area contributed by atoms with Crippen molar-refractivity contribution in [3.8, 4) is 0 Å². The van der Waals surface area contributed by atoms with Crippen LogP contribution < -0.4 is 10.6 Å². The quantitative estimate of drug-likeness (QED) is 0.803. The van der Waals surface area contributed by atoms with Crippen LogP contribution in [0.1, 0.15) is 31.2 Å². The second kappa shape index (κ2) is 8.49. The van der Waals surface area contributed by atoms with Crippen LogP contribution in [0.5, 0.6) is 0 Å². The van der Waals surface area contributed by atoms with E-state index < -0.39 is 17.6 Å². The van der Waals surface area contributed by atoms with E-state index in [0.29, 0.717) is 24.5 Å². The summed E-state index contributed by atoms with van der Waals surface area (Å²) in [5.74, 6) is -1.23. The summed E-state index contributed by atoms with van der Waals surface area (Å²) in [6, 6.07) is 2.47. The van der Waals surface area contributed by atoms with Gasteiger partial charge in [0.15, 0.2) is 0 Å². The molecule has 0 radical (unpaired) electrons. The molecular formula is C15H19ClF4N2O. The summed E-state index contributed by atoms with van der Waals surface area (Å²) in [5, 5.41) is 5.63. The molecule has 0 aromatic heterocycles. The molecule has 8 heteroatoms. The number of nitrogens with one attached hydrogen (secondary N) is 2. The molecule has 0 unspecified atom stereocenters. The molecule has 1 saturated heterocycles. The number of anilines is 1. The third-order valence-corrected chi connectivity index (χ3v) is 3.79. The van der Waals surface area contributed by atoms with Gasteiger partial charge in [-0.15, -0.1) is 12.4 Å². The number of hydrogen-bond acceptors (Lipinski definition) is 2. The summed E-state index contributed by atoms with van der Waals surface area (Å²) >= 11 is 0. The third-order valence-electron chi connectivity index (χ3n) is 3.79. The van der Waals surface area contributed by atoms with E-state index >= 15 is 0 Å². The van der Waals surface area contributed by atoms with Gasteiger partial charge in [-0.25, -0.2) is 4.39 Å². The number of halogens is 5. The van der Waals surface area contributed by atoms with Crippen LogP contribution in [0.2, 0.25) is 0 Å². The van der Waals surface area contributed by atoms with Gasteiger partial charge in [-0.3, -0.25) is 4.79 Å². The highest BCUT2D eigenvalue weighted by Crippen LogP contribution is 2.33. The predicted octanol–water partition coefficient (Wildman–Crippen LogP) is 3.98. The van der Waals surface area contributed by atoms with Gasteiger partial charge in [-0.1, -0.05) is 0 Å². The average molecular weight is 355 g/mol. The fraction of sp³-hybridized carbons (Fsp3) is 0.533. The van der Waals surface area contributed by atoms with E-state index in [-0.39, 0.29) is 30.4 Å². The molecule has 0 spiro atoms. The number of piperidine rings is 1. The van der Waals surface area contributed by atoms with Gasteiger partial charge in [0.05, 0.1) is 5.56 Å². The molecule has 2 N–H and O–H groups in total. The van der Waals surface area contributed by atoms with Gasteiger partial charge in [-0.05, 0) is 56.5 Å². The number of benzene rings is 1. The zero-order valence-corrected chi connectivity index (χ0v) is 13.2. The van der Waals surface area contributed by atoms with Gasteiger partial charge >= 0.3 is 6.18 Å². The number of alkyl halides is 3. The van der Waals surface area contributed by atoms with Gasteiger partial charge in [0.25, 0.3) is 0 Å². The SMILES string of the molecule is Cl.O=C(CCC1CCNCC1)Nc1ccc(F)c(C(F)(F)F)c1. The molecule has 23 heavy (non-hydrogen) atoms. The molecule has 0 saturated carbocycles. The third kappa shape index (κ3) is 5.99.